The van der Waals surface area contributed by atoms with E-state index < -0.39 is 0 Å². The number of hydrogen-bond donors (Lipinski definition) is 1. The fraction of sp³-hybridized carbons (Fsp3) is 0.667. The fourth-order valence-electron chi connectivity index (χ4n) is 3.65. The van der Waals surface area contributed by atoms with Crippen LogP contribution in [-0.4, -0.2) is 46.7 Å². The van der Waals surface area contributed by atoms with Gasteiger partial charge >= 0.3 is 0 Å². The number of carbonyl (C=O) groups is 1. The third-order valence-electron chi connectivity index (χ3n) is 5.54. The Morgan fingerprint density at radius 2 is 2.21 bits per heavy atom. The Morgan fingerprint density at radius 1 is 1.41 bits per heavy atom. The van der Waals surface area contributed by atoms with E-state index in [1.54, 1.807) is 7.11 Å². The minimum absolute atomic E-state index is 0.00969. The third-order valence-corrected chi connectivity index (χ3v) is 7.80. The Kier molecular flexibility index (Phi) is 7.40. The number of amides is 1. The number of thioether (sulfide) groups is 1. The van der Waals surface area contributed by atoms with Crippen LogP contribution < -0.4 is 5.32 Å². The number of nitrogens with one attached hydrogen (secondary N) is 1. The lowest BCUT2D eigenvalue weighted by Gasteiger charge is -2.33. The summed E-state index contributed by atoms with van der Waals surface area (Å²) >= 11 is 3.27. The highest BCUT2D eigenvalue weighted by atomic mass is 32.2. The summed E-state index contributed by atoms with van der Waals surface area (Å²) < 4.78 is 6.99. The zero-order valence-corrected chi connectivity index (χ0v) is 19.7. The molecule has 0 saturated carbocycles. The van der Waals surface area contributed by atoms with Gasteiger partial charge in [0.25, 0.3) is 0 Å². The molecule has 0 radical (unpaired) electrons. The predicted octanol–water partition coefficient (Wildman–Crippen LogP) is 3.94. The molecule has 0 fully saturated rings. The Labute approximate surface area is 181 Å². The van der Waals surface area contributed by atoms with E-state index in [0.29, 0.717) is 24.3 Å². The van der Waals surface area contributed by atoms with Gasteiger partial charge in [0.1, 0.15) is 0 Å². The van der Waals surface area contributed by atoms with E-state index in [-0.39, 0.29) is 5.91 Å². The smallest absolute Gasteiger partial charge is 0.230 e. The van der Waals surface area contributed by atoms with Crippen molar-refractivity contribution in [2.45, 2.75) is 51.6 Å². The first kappa shape index (κ1) is 22.3. The van der Waals surface area contributed by atoms with Crippen molar-refractivity contribution < 1.29 is 9.53 Å². The zero-order chi connectivity index (χ0) is 21.0. The van der Waals surface area contributed by atoms with Gasteiger partial charge in [0.2, 0.25) is 5.91 Å². The van der Waals surface area contributed by atoms with Crippen molar-refractivity contribution in [3.63, 3.8) is 0 Å². The molecule has 8 heteroatoms. The van der Waals surface area contributed by atoms with Crippen LogP contribution in [0.1, 0.15) is 44.1 Å². The summed E-state index contributed by atoms with van der Waals surface area (Å²) in [6.45, 7) is 8.32. The van der Waals surface area contributed by atoms with Gasteiger partial charge in [-0.1, -0.05) is 32.5 Å². The van der Waals surface area contributed by atoms with E-state index in [0.717, 1.165) is 36.2 Å². The number of hydrogen-bond acceptors (Lipinski definition) is 6. The van der Waals surface area contributed by atoms with E-state index in [4.69, 9.17) is 4.74 Å². The monoisotopic (exact) mass is 436 g/mol. The minimum atomic E-state index is 0.00969. The van der Waals surface area contributed by atoms with Gasteiger partial charge in [-0.25, -0.2) is 0 Å². The molecular formula is C21H32N4O2S2. The highest BCUT2D eigenvalue weighted by molar-refractivity contribution is 7.99. The van der Waals surface area contributed by atoms with Crippen LogP contribution in [0.3, 0.4) is 0 Å². The summed E-state index contributed by atoms with van der Waals surface area (Å²) in [5.41, 5.74) is 1.82. The van der Waals surface area contributed by atoms with Gasteiger partial charge in [0, 0.05) is 32.2 Å². The normalized spacial score (nSPS) is 16.7. The van der Waals surface area contributed by atoms with Crippen molar-refractivity contribution in [1.82, 2.24) is 20.1 Å². The molecule has 1 N–H and O–H groups in total. The largest absolute Gasteiger partial charge is 0.385 e. The van der Waals surface area contributed by atoms with Gasteiger partial charge < -0.3 is 14.6 Å². The van der Waals surface area contributed by atoms with Crippen LogP contribution in [0.4, 0.5) is 0 Å². The first-order chi connectivity index (χ1) is 13.8. The Morgan fingerprint density at radius 3 is 2.93 bits per heavy atom. The van der Waals surface area contributed by atoms with Crippen LogP contribution in [0.2, 0.25) is 0 Å². The van der Waals surface area contributed by atoms with Crippen molar-refractivity contribution in [1.29, 1.82) is 0 Å². The first-order valence-electron chi connectivity index (χ1n) is 10.2. The highest BCUT2D eigenvalue weighted by Gasteiger charge is 2.30. The molecule has 2 aromatic rings. The van der Waals surface area contributed by atoms with Gasteiger partial charge in [-0.05, 0) is 48.6 Å². The van der Waals surface area contributed by atoms with E-state index >= 15 is 0 Å². The lowest BCUT2D eigenvalue weighted by Crippen LogP contribution is -2.26. The van der Waals surface area contributed by atoms with Crippen LogP contribution in [-0.2, 0) is 29.4 Å². The van der Waals surface area contributed by atoms with Crippen LogP contribution in [0.15, 0.2) is 11.2 Å². The molecular weight excluding hydrogens is 404 g/mol. The van der Waals surface area contributed by atoms with Crippen LogP contribution in [0.25, 0.3) is 10.7 Å². The fourth-order valence-corrected chi connectivity index (χ4v) is 5.62. The van der Waals surface area contributed by atoms with Gasteiger partial charge in [0.15, 0.2) is 11.0 Å². The number of ether oxygens (including phenoxy) is 1. The first-order valence-corrected chi connectivity index (χ1v) is 12.0. The van der Waals surface area contributed by atoms with Gasteiger partial charge in [0.05, 0.1) is 10.6 Å². The standard InChI is InChI=1S/C21H32N4O2S2/c1-21(2,3)15-7-8-16-14(11-15)12-17(29-16)19-23-24-20(25(19)4)28-13-18(26)22-9-6-10-27-5/h12,15H,6-11,13H2,1-5H3,(H,22,26)/t15-/m0/s1. The molecule has 0 bridgehead atoms. The van der Waals surface area contributed by atoms with E-state index in [9.17, 15) is 4.79 Å². The van der Waals surface area contributed by atoms with Crippen molar-refractivity contribution in [3.8, 4) is 10.7 Å². The van der Waals surface area contributed by atoms with E-state index in [1.165, 1.54) is 33.5 Å². The van der Waals surface area contributed by atoms with Gasteiger partial charge in [-0.2, -0.15) is 0 Å². The number of thiophene rings is 1. The highest BCUT2D eigenvalue weighted by Crippen LogP contribution is 2.42. The van der Waals surface area contributed by atoms with E-state index in [1.807, 2.05) is 23.0 Å². The van der Waals surface area contributed by atoms with Gasteiger partial charge in [-0.3, -0.25) is 4.79 Å². The lowest BCUT2D eigenvalue weighted by atomic mass is 9.72. The molecule has 1 aliphatic carbocycles. The zero-order valence-electron chi connectivity index (χ0n) is 18.1. The number of aryl methyl sites for hydroxylation is 1. The second kappa shape index (κ2) is 9.62. The molecule has 3 rings (SSSR count). The van der Waals surface area contributed by atoms with Crippen LogP contribution >= 0.6 is 23.1 Å². The van der Waals surface area contributed by atoms with Crippen molar-refractivity contribution >= 4 is 29.0 Å². The second-order valence-corrected chi connectivity index (χ2v) is 10.8. The molecule has 0 aromatic carbocycles. The molecule has 1 amide bonds. The van der Waals surface area contributed by atoms with Crippen LogP contribution in [0.5, 0.6) is 0 Å². The molecule has 0 aliphatic heterocycles. The molecule has 0 spiro atoms. The molecule has 1 atom stereocenters. The quantitative estimate of drug-likeness (QED) is 0.501. The molecule has 2 aromatic heterocycles. The molecule has 2 heterocycles. The maximum atomic E-state index is 12.0. The van der Waals surface area contributed by atoms with E-state index in [2.05, 4.69) is 42.4 Å². The average Bonchev–Trinajstić information content (AvgIpc) is 3.25. The number of nitrogens with zero attached hydrogens (tertiary/aromatic N) is 3. The summed E-state index contributed by atoms with van der Waals surface area (Å²) in [5.74, 6) is 1.97. The Balaban J connectivity index is 1.62. The molecule has 0 saturated heterocycles. The summed E-state index contributed by atoms with van der Waals surface area (Å²) in [6, 6.07) is 2.30. The third kappa shape index (κ3) is 5.61. The summed E-state index contributed by atoms with van der Waals surface area (Å²) in [5, 5.41) is 12.4. The van der Waals surface area contributed by atoms with Crippen LogP contribution in [0, 0.1) is 11.3 Å². The molecule has 6 nitrogen and oxygen atoms in total. The summed E-state index contributed by atoms with van der Waals surface area (Å²) in [4.78, 5) is 14.7. The number of methoxy groups -OCH3 is 1. The SMILES string of the molecule is COCCCNC(=O)CSc1nnc(-c2cc3c(s2)CC[C@H](C(C)(C)C)C3)n1C. The molecule has 1 aliphatic rings. The summed E-state index contributed by atoms with van der Waals surface area (Å²) in [7, 11) is 3.64. The molecule has 160 valence electrons. The molecule has 0 unspecified atom stereocenters. The predicted molar refractivity (Wildman–Crippen MR) is 120 cm³/mol. The van der Waals surface area contributed by atoms with Crippen molar-refractivity contribution in [2.75, 3.05) is 26.0 Å². The number of aromatic nitrogens is 3. The number of rotatable bonds is 8. The maximum absolute atomic E-state index is 12.0. The average molecular weight is 437 g/mol. The van der Waals surface area contributed by atoms with Crippen molar-refractivity contribution in [2.24, 2.45) is 18.4 Å². The van der Waals surface area contributed by atoms with Crippen molar-refractivity contribution in [3.05, 3.63) is 16.5 Å². The van der Waals surface area contributed by atoms with Gasteiger partial charge in [-0.15, -0.1) is 21.5 Å². The summed E-state index contributed by atoms with van der Waals surface area (Å²) in [6.07, 6.45) is 4.39. The maximum Gasteiger partial charge on any atom is 0.230 e. The Hall–Kier alpha value is -1.38. The topological polar surface area (TPSA) is 69.0 Å². The minimum Gasteiger partial charge on any atom is -0.385 e. The number of fused-ring (bicyclic) bond motifs is 1. The lowest BCUT2D eigenvalue weighted by molar-refractivity contribution is -0.118. The Bertz CT molecular complexity index is 838. The number of carbonyl (C=O) groups excluding carboxylic acids is 1. The molecule has 29 heavy (non-hydrogen) atoms. The second-order valence-electron chi connectivity index (χ2n) is 8.71.